The number of carbonyl (C=O) groups is 1. The van der Waals surface area contributed by atoms with Gasteiger partial charge in [-0.1, -0.05) is 0 Å². The molecular formula is C11H19N3O3. The number of nitrogens with zero attached hydrogens (tertiary/aromatic N) is 2. The van der Waals surface area contributed by atoms with Crippen LogP contribution >= 0.6 is 0 Å². The van der Waals surface area contributed by atoms with Gasteiger partial charge in [-0.3, -0.25) is 0 Å². The highest BCUT2D eigenvalue weighted by Crippen LogP contribution is 2.13. The van der Waals surface area contributed by atoms with E-state index >= 15 is 0 Å². The van der Waals surface area contributed by atoms with Crippen molar-refractivity contribution in [2.24, 2.45) is 5.73 Å². The van der Waals surface area contributed by atoms with Crippen molar-refractivity contribution in [1.82, 2.24) is 9.55 Å². The first-order valence-corrected chi connectivity index (χ1v) is 5.45. The molecule has 1 aromatic heterocycles. The summed E-state index contributed by atoms with van der Waals surface area (Å²) < 4.78 is 6.42. The molecule has 0 saturated carbocycles. The number of nitrogens with two attached hydrogens (primary N) is 1. The van der Waals surface area contributed by atoms with E-state index in [0.717, 1.165) is 0 Å². The molecule has 6 heteroatoms. The number of aromatic nitrogens is 2. The third-order valence-corrected chi connectivity index (χ3v) is 2.13. The molecule has 0 aliphatic heterocycles. The summed E-state index contributed by atoms with van der Waals surface area (Å²) in [7, 11) is 0. The Morgan fingerprint density at radius 1 is 1.65 bits per heavy atom. The van der Waals surface area contributed by atoms with E-state index in [1.165, 1.54) is 17.1 Å². The number of hydrogen-bond acceptors (Lipinski definition) is 5. The van der Waals surface area contributed by atoms with Gasteiger partial charge >= 0.3 is 6.09 Å². The predicted molar refractivity (Wildman–Crippen MR) is 62.7 cm³/mol. The van der Waals surface area contributed by atoms with Crippen molar-refractivity contribution in [2.45, 2.75) is 32.3 Å². The molecule has 1 unspecified atom stereocenters. The van der Waals surface area contributed by atoms with Crippen LogP contribution in [0.1, 0.15) is 32.4 Å². The summed E-state index contributed by atoms with van der Waals surface area (Å²) in [6, 6.07) is 0. The van der Waals surface area contributed by atoms with E-state index in [1.807, 2.05) is 0 Å². The fourth-order valence-electron chi connectivity index (χ4n) is 1.25. The third-order valence-electron chi connectivity index (χ3n) is 2.13. The quantitative estimate of drug-likeness (QED) is 0.813. The molecule has 1 heterocycles. The summed E-state index contributed by atoms with van der Waals surface area (Å²) >= 11 is 0. The van der Waals surface area contributed by atoms with Gasteiger partial charge in [-0.25, -0.2) is 14.3 Å². The minimum absolute atomic E-state index is 0.0954. The summed E-state index contributed by atoms with van der Waals surface area (Å²) in [4.78, 5) is 15.7. The first-order valence-electron chi connectivity index (χ1n) is 5.45. The maximum Gasteiger partial charge on any atom is 0.419 e. The molecule has 0 aliphatic carbocycles. The Bertz CT molecular complexity index is 378. The first kappa shape index (κ1) is 13.7. The summed E-state index contributed by atoms with van der Waals surface area (Å²) in [5.74, 6) is -0.251. The highest BCUT2D eigenvalue weighted by atomic mass is 16.6. The molecule has 17 heavy (non-hydrogen) atoms. The van der Waals surface area contributed by atoms with Gasteiger partial charge in [-0.2, -0.15) is 0 Å². The van der Waals surface area contributed by atoms with Crippen LogP contribution in [-0.2, 0) is 4.74 Å². The molecule has 0 aromatic carbocycles. The van der Waals surface area contributed by atoms with Gasteiger partial charge < -0.3 is 15.6 Å². The van der Waals surface area contributed by atoms with E-state index in [9.17, 15) is 4.79 Å². The smallest absolute Gasteiger partial charge is 0.419 e. The van der Waals surface area contributed by atoms with E-state index in [-0.39, 0.29) is 19.1 Å². The van der Waals surface area contributed by atoms with Crippen LogP contribution < -0.4 is 5.73 Å². The van der Waals surface area contributed by atoms with Crippen LogP contribution in [-0.4, -0.2) is 39.5 Å². The molecule has 3 N–H and O–H groups in total. The summed E-state index contributed by atoms with van der Waals surface area (Å²) in [6.45, 7) is 5.56. The molecule has 0 fully saturated rings. The summed E-state index contributed by atoms with van der Waals surface area (Å²) in [5.41, 5.74) is 5.51. The molecule has 0 aliphatic rings. The fraction of sp³-hybridized carbons (Fsp3) is 0.636. The Morgan fingerprint density at radius 2 is 2.29 bits per heavy atom. The lowest BCUT2D eigenvalue weighted by molar-refractivity contribution is 0.0536. The van der Waals surface area contributed by atoms with Crippen LogP contribution in [0.15, 0.2) is 12.5 Å². The zero-order valence-electron chi connectivity index (χ0n) is 10.4. The number of aliphatic hydroxyl groups is 1. The second kappa shape index (κ2) is 5.29. The van der Waals surface area contributed by atoms with E-state index in [2.05, 4.69) is 4.98 Å². The lowest BCUT2D eigenvalue weighted by Gasteiger charge is -2.19. The summed E-state index contributed by atoms with van der Waals surface area (Å²) in [6.07, 6.45) is 2.40. The highest BCUT2D eigenvalue weighted by Gasteiger charge is 2.19. The Labute approximate surface area is 100 Å². The van der Waals surface area contributed by atoms with E-state index < -0.39 is 11.7 Å². The first-order chi connectivity index (χ1) is 7.87. The number of ether oxygens (including phenoxy) is 1. The lowest BCUT2D eigenvalue weighted by Crippen LogP contribution is -2.26. The fourth-order valence-corrected chi connectivity index (χ4v) is 1.25. The highest BCUT2D eigenvalue weighted by molar-refractivity contribution is 5.70. The Kier molecular flexibility index (Phi) is 4.25. The average molecular weight is 241 g/mol. The number of rotatable bonds is 3. The predicted octanol–water partition coefficient (Wildman–Crippen LogP) is 0.701. The van der Waals surface area contributed by atoms with Crippen molar-refractivity contribution in [1.29, 1.82) is 0 Å². The summed E-state index contributed by atoms with van der Waals surface area (Å²) in [5, 5.41) is 9.07. The van der Waals surface area contributed by atoms with Gasteiger partial charge in [-0.15, -0.1) is 0 Å². The third kappa shape index (κ3) is 3.83. The minimum atomic E-state index is -0.550. The molecular weight excluding hydrogens is 222 g/mol. The minimum Gasteiger partial charge on any atom is -0.443 e. The van der Waals surface area contributed by atoms with Crippen LogP contribution in [0.3, 0.4) is 0 Å². The molecule has 1 rings (SSSR count). The normalized spacial score (nSPS) is 13.5. The van der Waals surface area contributed by atoms with Crippen LogP contribution in [0.2, 0.25) is 0 Å². The van der Waals surface area contributed by atoms with Crippen LogP contribution in [0, 0.1) is 0 Å². The van der Waals surface area contributed by atoms with Gasteiger partial charge in [0.25, 0.3) is 0 Å². The largest absolute Gasteiger partial charge is 0.443 e. The van der Waals surface area contributed by atoms with Crippen molar-refractivity contribution < 1.29 is 14.6 Å². The molecule has 1 atom stereocenters. The average Bonchev–Trinajstić information content (AvgIpc) is 2.66. The number of carbonyl (C=O) groups excluding carboxylic acids is 1. The second-order valence-electron chi connectivity index (χ2n) is 4.80. The van der Waals surface area contributed by atoms with Crippen molar-refractivity contribution >= 4 is 6.09 Å². The standard InChI is InChI=1S/C11H19N3O3/c1-11(2,3)17-10(16)14-5-9(13-7-14)8(4-12)6-15/h5,7-8,15H,4,6,12H2,1-3H3. The number of imidazole rings is 1. The second-order valence-corrected chi connectivity index (χ2v) is 4.80. The number of aliphatic hydroxyl groups excluding tert-OH is 1. The molecule has 1 aromatic rings. The maximum atomic E-state index is 11.7. The van der Waals surface area contributed by atoms with Gasteiger partial charge in [0.1, 0.15) is 11.9 Å². The van der Waals surface area contributed by atoms with Gasteiger partial charge in [0.2, 0.25) is 0 Å². The number of hydrogen-bond donors (Lipinski definition) is 2. The topological polar surface area (TPSA) is 90.4 Å². The van der Waals surface area contributed by atoms with Gasteiger partial charge in [-0.05, 0) is 20.8 Å². The van der Waals surface area contributed by atoms with Crippen LogP contribution in [0.4, 0.5) is 4.79 Å². The van der Waals surface area contributed by atoms with Crippen molar-refractivity contribution in [3.63, 3.8) is 0 Å². The molecule has 6 nitrogen and oxygen atoms in total. The maximum absolute atomic E-state index is 11.7. The Hall–Kier alpha value is -1.40. The van der Waals surface area contributed by atoms with Gasteiger partial charge in [0, 0.05) is 18.7 Å². The Morgan fingerprint density at radius 3 is 2.76 bits per heavy atom. The van der Waals surface area contributed by atoms with Crippen LogP contribution in [0.5, 0.6) is 0 Å². The van der Waals surface area contributed by atoms with Crippen molar-refractivity contribution in [3.8, 4) is 0 Å². The molecule has 0 spiro atoms. The Balaban J connectivity index is 2.77. The van der Waals surface area contributed by atoms with E-state index in [1.54, 1.807) is 20.8 Å². The molecule has 0 radical (unpaired) electrons. The molecule has 0 bridgehead atoms. The van der Waals surface area contributed by atoms with E-state index in [0.29, 0.717) is 5.69 Å². The monoisotopic (exact) mass is 241 g/mol. The molecule has 96 valence electrons. The van der Waals surface area contributed by atoms with Gasteiger partial charge in [0.15, 0.2) is 0 Å². The molecule has 0 amide bonds. The van der Waals surface area contributed by atoms with Crippen molar-refractivity contribution in [3.05, 3.63) is 18.2 Å². The zero-order valence-corrected chi connectivity index (χ0v) is 10.4. The van der Waals surface area contributed by atoms with Gasteiger partial charge in [0.05, 0.1) is 12.3 Å². The SMILES string of the molecule is CC(C)(C)OC(=O)n1cnc(C(CN)CO)c1. The van der Waals surface area contributed by atoms with E-state index in [4.69, 9.17) is 15.6 Å². The van der Waals surface area contributed by atoms with Crippen LogP contribution in [0.25, 0.3) is 0 Å². The lowest BCUT2D eigenvalue weighted by atomic mass is 10.1. The molecule has 0 saturated heterocycles. The van der Waals surface area contributed by atoms with Crippen molar-refractivity contribution in [2.75, 3.05) is 13.2 Å². The zero-order chi connectivity index (χ0) is 13.1.